The molecule has 0 aliphatic carbocycles. The second-order valence-electron chi connectivity index (χ2n) is 5.87. The Hall–Kier alpha value is -2.89. The molecule has 24 heavy (non-hydrogen) atoms. The van der Waals surface area contributed by atoms with Crippen molar-refractivity contribution < 1.29 is 9.72 Å². The number of carbonyl (C=O) groups excluding carboxylic acids is 1. The fourth-order valence-electron chi connectivity index (χ4n) is 2.77. The molecule has 2 aromatic carbocycles. The summed E-state index contributed by atoms with van der Waals surface area (Å²) in [5.74, 6) is -0.215. The topological polar surface area (TPSA) is 75.5 Å². The lowest BCUT2D eigenvalue weighted by molar-refractivity contribution is -0.384. The second kappa shape index (κ2) is 7.12. The number of nitrogens with zero attached hydrogens (tertiary/aromatic N) is 2. The molecule has 0 fully saturated rings. The molecule has 1 N–H and O–H groups in total. The summed E-state index contributed by atoms with van der Waals surface area (Å²) < 4.78 is 0. The Morgan fingerprint density at radius 3 is 2.21 bits per heavy atom. The Balaban J connectivity index is 2.20. The lowest BCUT2D eigenvalue weighted by atomic mass is 10.1. The zero-order chi connectivity index (χ0) is 17.9. The summed E-state index contributed by atoms with van der Waals surface area (Å²) in [5, 5.41) is 14.1. The Kier molecular flexibility index (Phi) is 5.18. The molecule has 0 heterocycles. The first-order chi connectivity index (χ1) is 11.3. The number of rotatable bonds is 5. The highest BCUT2D eigenvalue weighted by molar-refractivity contribution is 5.95. The summed E-state index contributed by atoms with van der Waals surface area (Å²) >= 11 is 0. The van der Waals surface area contributed by atoms with Gasteiger partial charge in [-0.25, -0.2) is 0 Å². The molecule has 0 unspecified atom stereocenters. The fraction of sp³-hybridized carbons (Fsp3) is 0.278. The van der Waals surface area contributed by atoms with E-state index in [9.17, 15) is 14.9 Å². The summed E-state index contributed by atoms with van der Waals surface area (Å²) in [6.07, 6.45) is 0. The van der Waals surface area contributed by atoms with Crippen LogP contribution < -0.4 is 10.2 Å². The van der Waals surface area contributed by atoms with Gasteiger partial charge in [-0.15, -0.1) is 0 Å². The van der Waals surface area contributed by atoms with E-state index in [4.69, 9.17) is 0 Å². The normalized spacial score (nSPS) is 10.3. The molecule has 1 amide bonds. The first-order valence-electron chi connectivity index (χ1n) is 7.62. The lowest BCUT2D eigenvalue weighted by Gasteiger charge is -2.21. The summed E-state index contributed by atoms with van der Waals surface area (Å²) in [4.78, 5) is 24.8. The van der Waals surface area contributed by atoms with Gasteiger partial charge >= 0.3 is 0 Å². The third-order valence-electron chi connectivity index (χ3n) is 3.92. The quantitative estimate of drug-likeness (QED) is 0.672. The first kappa shape index (κ1) is 17.5. The minimum atomic E-state index is -0.428. The molecule has 0 aliphatic heterocycles. The molecule has 6 heteroatoms. The van der Waals surface area contributed by atoms with Crippen molar-refractivity contribution in [2.24, 2.45) is 0 Å². The molecule has 126 valence electrons. The molecule has 0 atom stereocenters. The van der Waals surface area contributed by atoms with Gasteiger partial charge in [0.25, 0.3) is 5.69 Å². The van der Waals surface area contributed by atoms with Gasteiger partial charge in [-0.3, -0.25) is 14.9 Å². The Labute approximate surface area is 141 Å². The Morgan fingerprint density at radius 1 is 1.08 bits per heavy atom. The fourth-order valence-corrected chi connectivity index (χ4v) is 2.77. The monoisotopic (exact) mass is 327 g/mol. The van der Waals surface area contributed by atoms with Gasteiger partial charge in [-0.1, -0.05) is 30.3 Å². The standard InChI is InChI=1S/C18H21N3O3/c1-12-7-5-8-13(2)17(12)19-16(22)11-20(4)18-14(3)9-6-10-15(18)21(23)24/h5-10H,11H2,1-4H3,(H,19,22). The minimum Gasteiger partial charge on any atom is -0.360 e. The number of anilines is 2. The largest absolute Gasteiger partial charge is 0.360 e. The number of aryl methyl sites for hydroxylation is 3. The summed E-state index contributed by atoms with van der Waals surface area (Å²) in [5.41, 5.74) is 3.96. The van der Waals surface area contributed by atoms with Gasteiger partial charge in [0, 0.05) is 18.8 Å². The van der Waals surface area contributed by atoms with Gasteiger partial charge in [-0.2, -0.15) is 0 Å². The van der Waals surface area contributed by atoms with E-state index in [0.717, 1.165) is 22.4 Å². The van der Waals surface area contributed by atoms with Gasteiger partial charge in [0.05, 0.1) is 11.5 Å². The summed E-state index contributed by atoms with van der Waals surface area (Å²) in [6.45, 7) is 5.68. The van der Waals surface area contributed by atoms with Crippen LogP contribution in [0.15, 0.2) is 36.4 Å². The molecule has 0 bridgehead atoms. The minimum absolute atomic E-state index is 0.00243. The predicted molar refractivity (Wildman–Crippen MR) is 95.6 cm³/mol. The van der Waals surface area contributed by atoms with Crippen LogP contribution in [-0.2, 0) is 4.79 Å². The number of nitro benzene ring substituents is 1. The number of nitrogens with one attached hydrogen (secondary N) is 1. The third kappa shape index (κ3) is 3.71. The number of amides is 1. The Bertz CT molecular complexity index is 767. The van der Waals surface area contributed by atoms with Gasteiger partial charge in [-0.05, 0) is 37.5 Å². The van der Waals surface area contributed by atoms with Crippen molar-refractivity contribution in [3.63, 3.8) is 0 Å². The van der Waals surface area contributed by atoms with Crippen molar-refractivity contribution in [1.29, 1.82) is 0 Å². The maximum atomic E-state index is 12.4. The van der Waals surface area contributed by atoms with Crippen molar-refractivity contribution in [1.82, 2.24) is 0 Å². The highest BCUT2D eigenvalue weighted by Gasteiger charge is 2.21. The van der Waals surface area contributed by atoms with Crippen LogP contribution >= 0.6 is 0 Å². The van der Waals surface area contributed by atoms with E-state index in [1.807, 2.05) is 32.0 Å². The van der Waals surface area contributed by atoms with Gasteiger partial charge in [0.1, 0.15) is 5.69 Å². The number of benzene rings is 2. The molecule has 0 aromatic heterocycles. The maximum absolute atomic E-state index is 12.4. The van der Waals surface area contributed by atoms with Crippen molar-refractivity contribution in [3.05, 3.63) is 63.2 Å². The molecular formula is C18H21N3O3. The predicted octanol–water partition coefficient (Wildman–Crippen LogP) is 3.59. The summed E-state index contributed by atoms with van der Waals surface area (Å²) in [6, 6.07) is 10.7. The zero-order valence-corrected chi connectivity index (χ0v) is 14.3. The van der Waals surface area contributed by atoms with Crippen molar-refractivity contribution >= 4 is 23.0 Å². The maximum Gasteiger partial charge on any atom is 0.292 e. The van der Waals surface area contributed by atoms with Crippen LogP contribution in [0.2, 0.25) is 0 Å². The highest BCUT2D eigenvalue weighted by atomic mass is 16.6. The molecule has 2 aromatic rings. The number of nitro groups is 1. The average Bonchev–Trinajstić information content (AvgIpc) is 2.50. The van der Waals surface area contributed by atoms with Crippen LogP contribution in [0.1, 0.15) is 16.7 Å². The van der Waals surface area contributed by atoms with Gasteiger partial charge in [0.2, 0.25) is 5.91 Å². The molecule has 0 saturated carbocycles. The molecule has 6 nitrogen and oxygen atoms in total. The van der Waals surface area contributed by atoms with Crippen LogP contribution in [0.25, 0.3) is 0 Å². The third-order valence-corrected chi connectivity index (χ3v) is 3.92. The van der Waals surface area contributed by atoms with Crippen LogP contribution in [0.4, 0.5) is 17.1 Å². The zero-order valence-electron chi connectivity index (χ0n) is 14.3. The first-order valence-corrected chi connectivity index (χ1v) is 7.62. The number of hydrogen-bond donors (Lipinski definition) is 1. The number of carbonyl (C=O) groups is 1. The molecule has 0 aliphatic rings. The van der Waals surface area contributed by atoms with E-state index in [2.05, 4.69) is 5.32 Å². The second-order valence-corrected chi connectivity index (χ2v) is 5.87. The lowest BCUT2D eigenvalue weighted by Crippen LogP contribution is -2.31. The average molecular weight is 327 g/mol. The van der Waals surface area contributed by atoms with Gasteiger partial charge < -0.3 is 10.2 Å². The van der Waals surface area contributed by atoms with Gasteiger partial charge in [0.15, 0.2) is 0 Å². The van der Waals surface area contributed by atoms with Crippen molar-refractivity contribution in [3.8, 4) is 0 Å². The van der Waals surface area contributed by atoms with Crippen LogP contribution in [0.5, 0.6) is 0 Å². The molecule has 2 rings (SSSR count). The summed E-state index contributed by atoms with van der Waals surface area (Å²) in [7, 11) is 1.68. The molecule has 0 spiro atoms. The van der Waals surface area contributed by atoms with E-state index < -0.39 is 4.92 Å². The van der Waals surface area contributed by atoms with E-state index >= 15 is 0 Å². The van der Waals surface area contributed by atoms with Crippen LogP contribution in [0.3, 0.4) is 0 Å². The Morgan fingerprint density at radius 2 is 1.62 bits per heavy atom. The van der Waals surface area contributed by atoms with Crippen LogP contribution in [0, 0.1) is 30.9 Å². The van der Waals surface area contributed by atoms with E-state index in [1.54, 1.807) is 31.0 Å². The van der Waals surface area contributed by atoms with E-state index in [0.29, 0.717) is 5.69 Å². The SMILES string of the molecule is Cc1cccc(C)c1NC(=O)CN(C)c1c(C)cccc1[N+](=O)[O-]. The smallest absolute Gasteiger partial charge is 0.292 e. The molecule has 0 radical (unpaired) electrons. The number of hydrogen-bond acceptors (Lipinski definition) is 4. The van der Waals surface area contributed by atoms with E-state index in [1.165, 1.54) is 6.07 Å². The van der Waals surface area contributed by atoms with E-state index in [-0.39, 0.29) is 18.1 Å². The molecule has 0 saturated heterocycles. The highest BCUT2D eigenvalue weighted by Crippen LogP contribution is 2.30. The number of para-hydroxylation sites is 2. The molecular weight excluding hydrogens is 306 g/mol. The van der Waals surface area contributed by atoms with Crippen molar-refractivity contribution in [2.45, 2.75) is 20.8 Å². The van der Waals surface area contributed by atoms with Crippen LogP contribution in [-0.4, -0.2) is 24.4 Å². The van der Waals surface area contributed by atoms with Crippen molar-refractivity contribution in [2.75, 3.05) is 23.8 Å². The number of likely N-dealkylation sites (N-methyl/N-ethyl adjacent to an activating group) is 1.